The number of rotatable bonds is 6. The van der Waals surface area contributed by atoms with Crippen molar-refractivity contribution in [2.75, 3.05) is 20.6 Å². The van der Waals surface area contributed by atoms with Crippen molar-refractivity contribution in [2.45, 2.75) is 51.9 Å². The van der Waals surface area contributed by atoms with Gasteiger partial charge in [-0.2, -0.15) is 5.10 Å². The molecule has 0 N–H and O–H groups in total. The second-order valence-corrected chi connectivity index (χ2v) is 6.95. The van der Waals surface area contributed by atoms with Crippen molar-refractivity contribution >= 4 is 0 Å². The fourth-order valence-corrected chi connectivity index (χ4v) is 3.62. The molecule has 1 aliphatic rings. The largest absolute Gasteiger partial charge is 0.305 e. The number of hydrogen-bond acceptors (Lipinski definition) is 4. The van der Waals surface area contributed by atoms with Crippen LogP contribution >= 0.6 is 0 Å². The highest BCUT2D eigenvalue weighted by molar-refractivity contribution is 5.25. The van der Waals surface area contributed by atoms with E-state index in [1.54, 1.807) is 6.33 Å². The van der Waals surface area contributed by atoms with E-state index < -0.39 is 0 Å². The van der Waals surface area contributed by atoms with Gasteiger partial charge in [-0.05, 0) is 51.5 Å². The molecule has 1 aromatic carbocycles. The average Bonchev–Trinajstić information content (AvgIpc) is 3.03. The Balaban J connectivity index is 1.74. The highest BCUT2D eigenvalue weighted by Gasteiger charge is 2.25. The maximum Gasteiger partial charge on any atom is 0.141 e. The van der Waals surface area contributed by atoms with Gasteiger partial charge in [-0.25, -0.2) is 9.67 Å². The summed E-state index contributed by atoms with van der Waals surface area (Å²) < 4.78 is 2.01. The van der Waals surface area contributed by atoms with Gasteiger partial charge in [0.1, 0.15) is 12.2 Å². The molecule has 0 bridgehead atoms. The fraction of sp³-hybridized carbons (Fsp3) is 0.579. The van der Waals surface area contributed by atoms with Crippen LogP contribution < -0.4 is 0 Å². The summed E-state index contributed by atoms with van der Waals surface area (Å²) in [4.78, 5) is 9.24. The lowest BCUT2D eigenvalue weighted by atomic mass is 9.94. The summed E-state index contributed by atoms with van der Waals surface area (Å²) in [5.41, 5.74) is 2.80. The molecule has 1 aliphatic heterocycles. The SMILES string of the molecule is CCn1ncnc1CN1CCCC[C@@H]1c1ccc(CN(C)C)cc1. The first-order valence-electron chi connectivity index (χ1n) is 9.01. The second kappa shape index (κ2) is 7.90. The molecular formula is C19H29N5. The van der Waals surface area contributed by atoms with E-state index in [-0.39, 0.29) is 0 Å². The number of likely N-dealkylation sites (tertiary alicyclic amines) is 1. The third-order valence-electron chi connectivity index (χ3n) is 4.82. The van der Waals surface area contributed by atoms with E-state index in [0.29, 0.717) is 6.04 Å². The first-order valence-corrected chi connectivity index (χ1v) is 9.01. The van der Waals surface area contributed by atoms with Gasteiger partial charge in [-0.15, -0.1) is 0 Å². The summed E-state index contributed by atoms with van der Waals surface area (Å²) in [6.45, 7) is 6.02. The van der Waals surface area contributed by atoms with Crippen LogP contribution in [0.25, 0.3) is 0 Å². The molecule has 1 fully saturated rings. The van der Waals surface area contributed by atoms with Crippen LogP contribution in [-0.2, 0) is 19.6 Å². The van der Waals surface area contributed by atoms with Gasteiger partial charge in [0.15, 0.2) is 0 Å². The van der Waals surface area contributed by atoms with Crippen molar-refractivity contribution in [3.05, 3.63) is 47.5 Å². The highest BCUT2D eigenvalue weighted by atomic mass is 15.3. The molecule has 2 heterocycles. The van der Waals surface area contributed by atoms with Crippen molar-refractivity contribution in [3.63, 3.8) is 0 Å². The molecule has 0 unspecified atom stereocenters. The van der Waals surface area contributed by atoms with Crippen LogP contribution in [0.2, 0.25) is 0 Å². The standard InChI is InChI=1S/C19H29N5/c1-4-24-19(20-15-21-24)14-23-12-6-5-7-18(23)17-10-8-16(9-11-17)13-22(2)3/h8-11,15,18H,4-7,12-14H2,1-3H3/t18-/m1/s1. The lowest BCUT2D eigenvalue weighted by molar-refractivity contribution is 0.134. The van der Waals surface area contributed by atoms with E-state index in [1.165, 1.54) is 30.4 Å². The minimum atomic E-state index is 0.495. The Hall–Kier alpha value is -1.72. The van der Waals surface area contributed by atoms with Gasteiger partial charge in [-0.1, -0.05) is 30.7 Å². The Labute approximate surface area is 145 Å². The summed E-state index contributed by atoms with van der Waals surface area (Å²) in [6, 6.07) is 9.67. The number of piperidine rings is 1. The molecule has 3 rings (SSSR count). The molecule has 0 spiro atoms. The maximum atomic E-state index is 4.46. The number of hydrogen-bond donors (Lipinski definition) is 0. The Morgan fingerprint density at radius 1 is 1.17 bits per heavy atom. The molecule has 1 atom stereocenters. The summed E-state index contributed by atoms with van der Waals surface area (Å²) in [6.07, 6.45) is 5.48. The lowest BCUT2D eigenvalue weighted by Gasteiger charge is -2.35. The first kappa shape index (κ1) is 17.1. The molecule has 0 aliphatic carbocycles. The minimum Gasteiger partial charge on any atom is -0.305 e. The summed E-state index contributed by atoms with van der Waals surface area (Å²) in [5, 5.41) is 4.31. The van der Waals surface area contributed by atoms with Crippen molar-refractivity contribution in [1.29, 1.82) is 0 Å². The molecule has 5 nitrogen and oxygen atoms in total. The number of benzene rings is 1. The van der Waals surface area contributed by atoms with E-state index in [4.69, 9.17) is 0 Å². The summed E-state index contributed by atoms with van der Waals surface area (Å²) in [5.74, 6) is 1.08. The smallest absolute Gasteiger partial charge is 0.141 e. The lowest BCUT2D eigenvalue weighted by Crippen LogP contribution is -2.34. The van der Waals surface area contributed by atoms with Crippen LogP contribution in [0, 0.1) is 0 Å². The molecule has 130 valence electrons. The maximum absolute atomic E-state index is 4.46. The normalized spacial score (nSPS) is 19.1. The van der Waals surface area contributed by atoms with Crippen LogP contribution in [0.15, 0.2) is 30.6 Å². The monoisotopic (exact) mass is 327 g/mol. The molecule has 1 saturated heterocycles. The molecule has 5 heteroatoms. The molecule has 0 saturated carbocycles. The Morgan fingerprint density at radius 2 is 1.96 bits per heavy atom. The molecule has 24 heavy (non-hydrogen) atoms. The highest BCUT2D eigenvalue weighted by Crippen LogP contribution is 2.32. The van der Waals surface area contributed by atoms with Gasteiger partial charge in [-0.3, -0.25) is 4.90 Å². The van der Waals surface area contributed by atoms with E-state index >= 15 is 0 Å². The fourth-order valence-electron chi connectivity index (χ4n) is 3.62. The summed E-state index contributed by atoms with van der Waals surface area (Å²) in [7, 11) is 4.22. The third kappa shape index (κ3) is 4.02. The first-order chi connectivity index (χ1) is 11.7. The zero-order valence-electron chi connectivity index (χ0n) is 15.1. The van der Waals surface area contributed by atoms with Crippen LogP contribution in [0.4, 0.5) is 0 Å². The molecular weight excluding hydrogens is 298 g/mol. The van der Waals surface area contributed by atoms with Gasteiger partial charge in [0.2, 0.25) is 0 Å². The third-order valence-corrected chi connectivity index (χ3v) is 4.82. The van der Waals surface area contributed by atoms with Gasteiger partial charge >= 0.3 is 0 Å². The van der Waals surface area contributed by atoms with Gasteiger partial charge in [0.25, 0.3) is 0 Å². The second-order valence-electron chi connectivity index (χ2n) is 6.95. The molecule has 0 radical (unpaired) electrons. The van der Waals surface area contributed by atoms with Gasteiger partial charge in [0, 0.05) is 19.1 Å². The average molecular weight is 327 g/mol. The van der Waals surface area contributed by atoms with Crippen LogP contribution in [0.5, 0.6) is 0 Å². The van der Waals surface area contributed by atoms with Crippen molar-refractivity contribution in [2.24, 2.45) is 0 Å². The van der Waals surface area contributed by atoms with Gasteiger partial charge < -0.3 is 4.90 Å². The minimum absolute atomic E-state index is 0.495. The Morgan fingerprint density at radius 3 is 2.67 bits per heavy atom. The van der Waals surface area contributed by atoms with E-state index in [2.05, 4.69) is 65.2 Å². The predicted octanol–water partition coefficient (Wildman–Crippen LogP) is 3.09. The van der Waals surface area contributed by atoms with E-state index in [0.717, 1.165) is 32.0 Å². The van der Waals surface area contributed by atoms with Gasteiger partial charge in [0.05, 0.1) is 6.54 Å². The van der Waals surface area contributed by atoms with Crippen molar-refractivity contribution in [1.82, 2.24) is 24.6 Å². The predicted molar refractivity (Wildman–Crippen MR) is 96.5 cm³/mol. The molecule has 1 aromatic heterocycles. The number of nitrogens with zero attached hydrogens (tertiary/aromatic N) is 5. The number of aryl methyl sites for hydroxylation is 1. The quantitative estimate of drug-likeness (QED) is 0.817. The zero-order chi connectivity index (χ0) is 16.9. The van der Waals surface area contributed by atoms with Crippen LogP contribution in [0.1, 0.15) is 49.2 Å². The zero-order valence-corrected chi connectivity index (χ0v) is 15.1. The summed E-state index contributed by atoms with van der Waals surface area (Å²) >= 11 is 0. The Kier molecular flexibility index (Phi) is 5.63. The van der Waals surface area contributed by atoms with Crippen molar-refractivity contribution < 1.29 is 0 Å². The van der Waals surface area contributed by atoms with E-state index in [9.17, 15) is 0 Å². The number of aromatic nitrogens is 3. The molecule has 2 aromatic rings. The topological polar surface area (TPSA) is 37.2 Å². The van der Waals surface area contributed by atoms with E-state index in [1.807, 2.05) is 4.68 Å². The molecule has 0 amide bonds. The Bertz CT molecular complexity index is 631. The van der Waals surface area contributed by atoms with Crippen molar-refractivity contribution in [3.8, 4) is 0 Å². The van der Waals surface area contributed by atoms with Crippen LogP contribution in [0.3, 0.4) is 0 Å². The van der Waals surface area contributed by atoms with Crippen LogP contribution in [-0.4, -0.2) is 45.2 Å².